The number of carbonyl (C=O) groups is 2. The highest BCUT2D eigenvalue weighted by atomic mass is 16.5. The molecule has 0 aliphatic carbocycles. The van der Waals surface area contributed by atoms with Crippen LogP contribution in [0.2, 0.25) is 0 Å². The van der Waals surface area contributed by atoms with Crippen LogP contribution >= 0.6 is 0 Å². The molecular formula is C15H28N2O4. The third kappa shape index (κ3) is 6.80. The number of carboxylic acid groups (broad SMARTS) is 1. The lowest BCUT2D eigenvalue weighted by Crippen LogP contribution is -2.44. The monoisotopic (exact) mass is 300 g/mol. The molecule has 2 N–H and O–H groups in total. The summed E-state index contributed by atoms with van der Waals surface area (Å²) in [6, 6.07) is -0.237. The van der Waals surface area contributed by atoms with Crippen LogP contribution in [-0.2, 0) is 9.53 Å². The van der Waals surface area contributed by atoms with Crippen molar-refractivity contribution in [3.63, 3.8) is 0 Å². The molecule has 0 spiro atoms. The normalized spacial score (nSPS) is 20.1. The van der Waals surface area contributed by atoms with E-state index in [0.29, 0.717) is 13.0 Å². The number of carbonyl (C=O) groups excluding carboxylic acids is 1. The molecule has 2 unspecified atom stereocenters. The number of ether oxygens (including phenoxy) is 1. The molecule has 1 aliphatic heterocycles. The molecule has 0 saturated carbocycles. The van der Waals surface area contributed by atoms with E-state index in [1.54, 1.807) is 11.9 Å². The van der Waals surface area contributed by atoms with Gasteiger partial charge in [0.25, 0.3) is 0 Å². The number of amides is 2. The lowest BCUT2D eigenvalue weighted by molar-refractivity contribution is -0.142. The Hall–Kier alpha value is -1.30. The van der Waals surface area contributed by atoms with Crippen LogP contribution in [0.25, 0.3) is 0 Å². The van der Waals surface area contributed by atoms with Crippen LogP contribution < -0.4 is 5.32 Å². The summed E-state index contributed by atoms with van der Waals surface area (Å²) >= 11 is 0. The van der Waals surface area contributed by atoms with Crippen LogP contribution in [0.3, 0.4) is 0 Å². The maximum atomic E-state index is 12.0. The van der Waals surface area contributed by atoms with E-state index >= 15 is 0 Å². The SMILES string of the molecule is CC(C)CC(CNC(=O)N(C)CC1CCCCO1)C(=O)O. The predicted molar refractivity (Wildman–Crippen MR) is 80.2 cm³/mol. The maximum absolute atomic E-state index is 12.0. The first-order valence-electron chi connectivity index (χ1n) is 7.73. The van der Waals surface area contributed by atoms with Crippen molar-refractivity contribution in [1.29, 1.82) is 0 Å². The summed E-state index contributed by atoms with van der Waals surface area (Å²) in [6.07, 6.45) is 3.85. The zero-order chi connectivity index (χ0) is 15.8. The van der Waals surface area contributed by atoms with Crippen molar-refractivity contribution in [2.24, 2.45) is 11.8 Å². The Balaban J connectivity index is 2.34. The molecule has 2 atom stereocenters. The highest BCUT2D eigenvalue weighted by Crippen LogP contribution is 2.14. The van der Waals surface area contributed by atoms with E-state index in [9.17, 15) is 9.59 Å². The first-order valence-corrected chi connectivity index (χ1v) is 7.73. The minimum absolute atomic E-state index is 0.0976. The van der Waals surface area contributed by atoms with Gasteiger partial charge in [0.15, 0.2) is 0 Å². The summed E-state index contributed by atoms with van der Waals surface area (Å²) in [4.78, 5) is 24.7. The van der Waals surface area contributed by atoms with E-state index in [4.69, 9.17) is 9.84 Å². The number of likely N-dealkylation sites (N-methyl/N-ethyl adjacent to an activating group) is 1. The van der Waals surface area contributed by atoms with Gasteiger partial charge >= 0.3 is 12.0 Å². The molecule has 0 aromatic heterocycles. The van der Waals surface area contributed by atoms with Crippen molar-refractivity contribution >= 4 is 12.0 Å². The quantitative estimate of drug-likeness (QED) is 0.753. The molecule has 6 heteroatoms. The summed E-state index contributed by atoms with van der Waals surface area (Å²) < 4.78 is 5.60. The zero-order valence-corrected chi connectivity index (χ0v) is 13.3. The molecule has 1 rings (SSSR count). The summed E-state index contributed by atoms with van der Waals surface area (Å²) in [7, 11) is 1.71. The fourth-order valence-electron chi connectivity index (χ4n) is 2.53. The van der Waals surface area contributed by atoms with Gasteiger partial charge in [-0.1, -0.05) is 13.8 Å². The number of nitrogens with one attached hydrogen (secondary N) is 1. The molecule has 0 radical (unpaired) electrons. The largest absolute Gasteiger partial charge is 0.481 e. The van der Waals surface area contributed by atoms with E-state index in [2.05, 4.69) is 5.32 Å². The zero-order valence-electron chi connectivity index (χ0n) is 13.3. The summed E-state index contributed by atoms with van der Waals surface area (Å²) in [6.45, 7) is 5.43. The fourth-order valence-corrected chi connectivity index (χ4v) is 2.53. The highest BCUT2D eigenvalue weighted by Gasteiger charge is 2.22. The first kappa shape index (κ1) is 17.8. The standard InChI is InChI=1S/C15H28N2O4/c1-11(2)8-12(14(18)19)9-16-15(20)17(3)10-13-6-4-5-7-21-13/h11-13H,4-10H2,1-3H3,(H,16,20)(H,18,19). The second-order valence-electron chi connectivity index (χ2n) is 6.22. The van der Waals surface area contributed by atoms with E-state index in [-0.39, 0.29) is 24.6 Å². The van der Waals surface area contributed by atoms with Crippen molar-refractivity contribution in [3.8, 4) is 0 Å². The Morgan fingerprint density at radius 2 is 2.10 bits per heavy atom. The lowest BCUT2D eigenvalue weighted by Gasteiger charge is -2.28. The van der Waals surface area contributed by atoms with Gasteiger partial charge in [0.2, 0.25) is 0 Å². The van der Waals surface area contributed by atoms with E-state index < -0.39 is 11.9 Å². The van der Waals surface area contributed by atoms with Crippen molar-refractivity contribution in [2.45, 2.75) is 45.6 Å². The topological polar surface area (TPSA) is 78.9 Å². The Labute approximate surface area is 126 Å². The Bertz CT molecular complexity index is 341. The number of nitrogens with zero attached hydrogens (tertiary/aromatic N) is 1. The van der Waals surface area contributed by atoms with Gasteiger partial charge in [-0.25, -0.2) is 4.79 Å². The Morgan fingerprint density at radius 1 is 1.38 bits per heavy atom. The molecular weight excluding hydrogens is 272 g/mol. The molecule has 21 heavy (non-hydrogen) atoms. The van der Waals surface area contributed by atoms with Crippen molar-refractivity contribution in [2.75, 3.05) is 26.7 Å². The Kier molecular flexibility index (Phi) is 7.50. The minimum Gasteiger partial charge on any atom is -0.481 e. The van der Waals surface area contributed by atoms with Gasteiger partial charge < -0.3 is 20.1 Å². The van der Waals surface area contributed by atoms with Crippen molar-refractivity contribution in [1.82, 2.24) is 10.2 Å². The first-order chi connectivity index (χ1) is 9.90. The van der Waals surface area contributed by atoms with Crippen molar-refractivity contribution in [3.05, 3.63) is 0 Å². The molecule has 1 fully saturated rings. The van der Waals surface area contributed by atoms with Gasteiger partial charge in [0, 0.05) is 26.7 Å². The average molecular weight is 300 g/mol. The molecule has 122 valence electrons. The minimum atomic E-state index is -0.859. The van der Waals surface area contributed by atoms with Crippen LogP contribution in [0.1, 0.15) is 39.5 Å². The van der Waals surface area contributed by atoms with E-state index in [1.165, 1.54) is 0 Å². The van der Waals surface area contributed by atoms with Crippen LogP contribution in [-0.4, -0.2) is 54.9 Å². The third-order valence-electron chi connectivity index (χ3n) is 3.70. The molecule has 2 amide bonds. The van der Waals surface area contributed by atoms with E-state index in [0.717, 1.165) is 25.9 Å². The van der Waals surface area contributed by atoms with Crippen molar-refractivity contribution < 1.29 is 19.4 Å². The van der Waals surface area contributed by atoms with Crippen LogP contribution in [0.15, 0.2) is 0 Å². The average Bonchev–Trinajstić information content (AvgIpc) is 2.43. The molecule has 1 aliphatic rings. The number of urea groups is 1. The summed E-state index contributed by atoms with van der Waals surface area (Å²) in [5.74, 6) is -1.10. The van der Waals surface area contributed by atoms with Gasteiger partial charge in [-0.3, -0.25) is 4.79 Å². The third-order valence-corrected chi connectivity index (χ3v) is 3.70. The lowest BCUT2D eigenvalue weighted by atomic mass is 9.97. The molecule has 1 saturated heterocycles. The van der Waals surface area contributed by atoms with Gasteiger partial charge in [-0.15, -0.1) is 0 Å². The number of rotatable bonds is 7. The number of aliphatic carboxylic acids is 1. The van der Waals surface area contributed by atoms with Gasteiger partial charge in [0.05, 0.1) is 12.0 Å². The highest BCUT2D eigenvalue weighted by molar-refractivity contribution is 5.75. The van der Waals surface area contributed by atoms with E-state index in [1.807, 2.05) is 13.8 Å². The summed E-state index contributed by atoms with van der Waals surface area (Å²) in [5, 5.41) is 11.9. The molecule has 1 heterocycles. The van der Waals surface area contributed by atoms with Gasteiger partial charge in [-0.05, 0) is 31.6 Å². The van der Waals surface area contributed by atoms with Gasteiger partial charge in [-0.2, -0.15) is 0 Å². The second-order valence-corrected chi connectivity index (χ2v) is 6.22. The smallest absolute Gasteiger partial charge is 0.317 e. The van der Waals surface area contributed by atoms with Gasteiger partial charge in [0.1, 0.15) is 0 Å². The number of hydrogen-bond donors (Lipinski definition) is 2. The van der Waals surface area contributed by atoms with Crippen LogP contribution in [0.4, 0.5) is 4.79 Å². The number of carboxylic acids is 1. The second kappa shape index (κ2) is 8.87. The Morgan fingerprint density at radius 3 is 2.62 bits per heavy atom. The summed E-state index contributed by atoms with van der Waals surface area (Å²) in [5.41, 5.74) is 0. The molecule has 0 bridgehead atoms. The number of hydrogen-bond acceptors (Lipinski definition) is 3. The van der Waals surface area contributed by atoms with Crippen LogP contribution in [0.5, 0.6) is 0 Å². The predicted octanol–water partition coefficient (Wildman–Crippen LogP) is 1.94. The molecule has 0 aromatic carbocycles. The molecule has 6 nitrogen and oxygen atoms in total. The fraction of sp³-hybridized carbons (Fsp3) is 0.867. The molecule has 0 aromatic rings. The van der Waals surface area contributed by atoms with Crippen LogP contribution in [0, 0.1) is 11.8 Å². The maximum Gasteiger partial charge on any atom is 0.317 e.